The van der Waals surface area contributed by atoms with Crippen molar-refractivity contribution in [2.24, 2.45) is 0 Å². The first-order chi connectivity index (χ1) is 10.3. The molecule has 0 aliphatic heterocycles. The third-order valence-electron chi connectivity index (χ3n) is 2.84. The fraction of sp³-hybridized carbons (Fsp3) is 0.562. The van der Waals surface area contributed by atoms with Gasteiger partial charge < -0.3 is 13.8 Å². The Bertz CT molecular complexity index is 499. The molecule has 1 unspecified atom stereocenters. The second-order valence-electron chi connectivity index (χ2n) is 5.58. The minimum absolute atomic E-state index is 0.240. The van der Waals surface area contributed by atoms with E-state index in [0.717, 1.165) is 5.56 Å². The van der Waals surface area contributed by atoms with Gasteiger partial charge in [0.25, 0.3) is 0 Å². The van der Waals surface area contributed by atoms with Gasteiger partial charge in [0.15, 0.2) is 5.66 Å². The molecule has 0 amide bonds. The van der Waals surface area contributed by atoms with E-state index < -0.39 is 19.2 Å². The van der Waals surface area contributed by atoms with E-state index in [2.05, 4.69) is 0 Å². The van der Waals surface area contributed by atoms with Gasteiger partial charge in [0, 0.05) is 0 Å². The Morgan fingerprint density at radius 2 is 1.55 bits per heavy atom. The van der Waals surface area contributed by atoms with E-state index in [1.165, 1.54) is 7.11 Å². The van der Waals surface area contributed by atoms with Crippen LogP contribution in [0.3, 0.4) is 0 Å². The molecule has 0 heterocycles. The molecule has 5 nitrogen and oxygen atoms in total. The number of benzene rings is 1. The molecule has 0 fully saturated rings. The summed E-state index contributed by atoms with van der Waals surface area (Å²) in [4.78, 5) is 12.2. The third-order valence-corrected chi connectivity index (χ3v) is 5.43. The molecule has 0 aliphatic rings. The molecule has 1 aromatic rings. The molecular weight excluding hydrogens is 303 g/mol. The molecular formula is C16H25O5P. The number of methoxy groups -OCH3 is 1. The van der Waals surface area contributed by atoms with Crippen molar-refractivity contribution in [2.45, 2.75) is 52.0 Å². The van der Waals surface area contributed by atoms with E-state index >= 15 is 0 Å². The summed E-state index contributed by atoms with van der Waals surface area (Å²) in [5.41, 5.74) is -0.109. The van der Waals surface area contributed by atoms with Crippen molar-refractivity contribution in [3.63, 3.8) is 0 Å². The maximum Gasteiger partial charge on any atom is 0.345 e. The molecule has 1 atom stereocenters. The van der Waals surface area contributed by atoms with Crippen LogP contribution in [0.15, 0.2) is 30.3 Å². The predicted octanol–water partition coefficient (Wildman–Crippen LogP) is 3.81. The minimum atomic E-state index is -3.65. The third kappa shape index (κ3) is 5.56. The first kappa shape index (κ1) is 18.9. The smallest absolute Gasteiger partial charge is 0.345 e. The van der Waals surface area contributed by atoms with Gasteiger partial charge in [0.2, 0.25) is 0 Å². The van der Waals surface area contributed by atoms with Gasteiger partial charge in [-0.1, -0.05) is 30.3 Å². The van der Waals surface area contributed by atoms with Crippen molar-refractivity contribution in [1.82, 2.24) is 0 Å². The minimum Gasteiger partial charge on any atom is -0.468 e. The number of hydrogen-bond donors (Lipinski definition) is 0. The summed E-state index contributed by atoms with van der Waals surface area (Å²) in [6.07, 6.45) is -0.412. The van der Waals surface area contributed by atoms with E-state index in [4.69, 9.17) is 13.8 Å². The Labute approximate surface area is 132 Å². The number of esters is 1. The zero-order chi connectivity index (χ0) is 16.8. The predicted molar refractivity (Wildman–Crippen MR) is 86.0 cm³/mol. The Balaban J connectivity index is 3.14. The first-order valence-electron chi connectivity index (χ1n) is 7.36. The molecule has 1 rings (SSSR count). The van der Waals surface area contributed by atoms with E-state index in [0.29, 0.717) is 0 Å². The number of hydrogen-bond acceptors (Lipinski definition) is 5. The van der Waals surface area contributed by atoms with Crippen molar-refractivity contribution in [3.05, 3.63) is 35.9 Å². The summed E-state index contributed by atoms with van der Waals surface area (Å²) >= 11 is 0. The summed E-state index contributed by atoms with van der Waals surface area (Å²) in [6.45, 7) is 7.03. The average Bonchev–Trinajstić information content (AvgIpc) is 2.43. The molecule has 1 aromatic carbocycles. The summed E-state index contributed by atoms with van der Waals surface area (Å²) in [7, 11) is -2.38. The quantitative estimate of drug-likeness (QED) is 0.536. The monoisotopic (exact) mass is 328 g/mol. The van der Waals surface area contributed by atoms with E-state index in [1.54, 1.807) is 27.7 Å². The number of ether oxygens (including phenoxy) is 1. The standard InChI is InChI=1S/C16H25O5P/c1-12(2)20-22(18,21-13(3)4)15(16(17)19-5)11-14-9-7-6-8-10-14/h6-10,12-13,15H,11H2,1-5H3. The highest BCUT2D eigenvalue weighted by atomic mass is 31.2. The summed E-state index contributed by atoms with van der Waals surface area (Å²) < 4.78 is 29.1. The van der Waals surface area contributed by atoms with Crippen LogP contribution < -0.4 is 0 Å². The molecule has 0 saturated carbocycles. The second kappa shape index (κ2) is 8.47. The average molecular weight is 328 g/mol. The van der Waals surface area contributed by atoms with Gasteiger partial charge in [-0.05, 0) is 39.7 Å². The molecule has 0 bridgehead atoms. The zero-order valence-electron chi connectivity index (χ0n) is 13.8. The van der Waals surface area contributed by atoms with Gasteiger partial charge in [-0.2, -0.15) is 0 Å². The molecule has 124 valence electrons. The lowest BCUT2D eigenvalue weighted by atomic mass is 10.1. The molecule has 0 aliphatic carbocycles. The Hall–Kier alpha value is -1.16. The molecule has 0 saturated heterocycles. The summed E-state index contributed by atoms with van der Waals surface area (Å²) in [5, 5.41) is 0. The molecule has 22 heavy (non-hydrogen) atoms. The van der Waals surface area contributed by atoms with Crippen LogP contribution in [-0.4, -0.2) is 30.9 Å². The van der Waals surface area contributed by atoms with Gasteiger partial charge in [-0.25, -0.2) is 0 Å². The van der Waals surface area contributed by atoms with E-state index in [-0.39, 0.29) is 18.6 Å². The maximum atomic E-state index is 13.2. The Morgan fingerprint density at radius 1 is 1.05 bits per heavy atom. The fourth-order valence-electron chi connectivity index (χ4n) is 2.06. The highest BCUT2D eigenvalue weighted by Crippen LogP contribution is 2.56. The molecule has 0 spiro atoms. The Morgan fingerprint density at radius 3 is 1.95 bits per heavy atom. The Kier molecular flexibility index (Phi) is 7.27. The van der Waals surface area contributed by atoms with Gasteiger partial charge in [-0.3, -0.25) is 9.36 Å². The van der Waals surface area contributed by atoms with Crippen LogP contribution in [0.1, 0.15) is 33.3 Å². The lowest BCUT2D eigenvalue weighted by molar-refractivity contribution is -0.140. The highest BCUT2D eigenvalue weighted by Gasteiger charge is 2.43. The van der Waals surface area contributed by atoms with Crippen LogP contribution in [0.4, 0.5) is 0 Å². The topological polar surface area (TPSA) is 61.8 Å². The van der Waals surface area contributed by atoms with Crippen molar-refractivity contribution < 1.29 is 23.1 Å². The zero-order valence-corrected chi connectivity index (χ0v) is 14.7. The van der Waals surface area contributed by atoms with Crippen LogP contribution in [0.25, 0.3) is 0 Å². The summed E-state index contributed by atoms with van der Waals surface area (Å²) in [6, 6.07) is 9.34. The van der Waals surface area contributed by atoms with Gasteiger partial charge in [-0.15, -0.1) is 0 Å². The fourth-order valence-corrected chi connectivity index (χ4v) is 4.37. The second-order valence-corrected chi connectivity index (χ2v) is 7.70. The number of rotatable bonds is 8. The van der Waals surface area contributed by atoms with E-state index in [1.807, 2.05) is 30.3 Å². The SMILES string of the molecule is COC(=O)C(Cc1ccccc1)P(=O)(OC(C)C)OC(C)C. The number of carbonyl (C=O) groups is 1. The van der Waals surface area contributed by atoms with Gasteiger partial charge in [0.1, 0.15) is 0 Å². The van der Waals surface area contributed by atoms with Gasteiger partial charge >= 0.3 is 13.6 Å². The van der Waals surface area contributed by atoms with Gasteiger partial charge in [0.05, 0.1) is 19.3 Å². The van der Waals surface area contributed by atoms with Crippen LogP contribution in [0.5, 0.6) is 0 Å². The molecule has 0 radical (unpaired) electrons. The molecule has 0 N–H and O–H groups in total. The van der Waals surface area contributed by atoms with Crippen molar-refractivity contribution >= 4 is 13.6 Å². The lowest BCUT2D eigenvalue weighted by Crippen LogP contribution is -2.29. The number of carbonyl (C=O) groups excluding carboxylic acids is 1. The largest absolute Gasteiger partial charge is 0.468 e. The molecule has 0 aromatic heterocycles. The highest BCUT2D eigenvalue weighted by molar-refractivity contribution is 7.55. The van der Waals surface area contributed by atoms with Crippen LogP contribution in [0.2, 0.25) is 0 Å². The normalized spacial score (nSPS) is 13.4. The van der Waals surface area contributed by atoms with Crippen molar-refractivity contribution in [1.29, 1.82) is 0 Å². The lowest BCUT2D eigenvalue weighted by Gasteiger charge is -2.28. The van der Waals surface area contributed by atoms with Crippen molar-refractivity contribution in [3.8, 4) is 0 Å². The molecule has 6 heteroatoms. The van der Waals surface area contributed by atoms with Crippen molar-refractivity contribution in [2.75, 3.05) is 7.11 Å². The van der Waals surface area contributed by atoms with Crippen LogP contribution >= 0.6 is 7.60 Å². The van der Waals surface area contributed by atoms with E-state index in [9.17, 15) is 9.36 Å². The summed E-state index contributed by atoms with van der Waals surface area (Å²) in [5.74, 6) is -0.589. The van der Waals surface area contributed by atoms with Crippen LogP contribution in [-0.2, 0) is 29.6 Å². The maximum absolute atomic E-state index is 13.2. The van der Waals surface area contributed by atoms with Crippen LogP contribution in [0, 0.1) is 0 Å². The first-order valence-corrected chi connectivity index (χ1v) is 8.98.